The highest BCUT2D eigenvalue weighted by Gasteiger charge is 2.14. The van der Waals surface area contributed by atoms with E-state index in [0.717, 1.165) is 18.9 Å². The zero-order valence-corrected chi connectivity index (χ0v) is 11.4. The van der Waals surface area contributed by atoms with Crippen molar-refractivity contribution in [3.63, 3.8) is 0 Å². The predicted molar refractivity (Wildman–Crippen MR) is 75.3 cm³/mol. The minimum atomic E-state index is -0.358. The van der Waals surface area contributed by atoms with Crippen molar-refractivity contribution in [3.05, 3.63) is 27.9 Å². The topological polar surface area (TPSA) is 68.1 Å². The molecule has 0 bridgehead atoms. The Morgan fingerprint density at radius 3 is 2.84 bits per heavy atom. The first-order valence-corrected chi connectivity index (χ1v) is 7.01. The Bertz CT molecular complexity index is 442. The minimum absolute atomic E-state index is 0.134. The van der Waals surface area contributed by atoms with Crippen molar-refractivity contribution in [3.8, 4) is 0 Å². The normalized spacial score (nSPS) is 16.3. The van der Waals surface area contributed by atoms with Crippen LogP contribution in [0.1, 0.15) is 44.1 Å². The third kappa shape index (κ3) is 3.91. The van der Waals surface area contributed by atoms with Crippen LogP contribution in [0.3, 0.4) is 0 Å². The molecule has 2 rings (SSSR count). The maximum atomic E-state index is 10.8. The SMILES string of the molecule is Cc1cnc(NCCC2CCCCC2)cc1[N+](=O)[O-]. The van der Waals surface area contributed by atoms with E-state index < -0.39 is 0 Å². The van der Waals surface area contributed by atoms with Crippen molar-refractivity contribution in [2.45, 2.75) is 45.4 Å². The number of pyridine rings is 1. The number of nitrogens with one attached hydrogen (secondary N) is 1. The molecule has 0 atom stereocenters. The molecule has 1 heterocycles. The lowest BCUT2D eigenvalue weighted by molar-refractivity contribution is -0.385. The second kappa shape index (κ2) is 6.50. The zero-order chi connectivity index (χ0) is 13.7. The summed E-state index contributed by atoms with van der Waals surface area (Å²) in [6.45, 7) is 2.55. The van der Waals surface area contributed by atoms with E-state index in [4.69, 9.17) is 0 Å². The van der Waals surface area contributed by atoms with Gasteiger partial charge in [0.1, 0.15) is 5.82 Å². The average molecular weight is 263 g/mol. The van der Waals surface area contributed by atoms with Gasteiger partial charge in [-0.3, -0.25) is 10.1 Å². The summed E-state index contributed by atoms with van der Waals surface area (Å²) >= 11 is 0. The fraction of sp³-hybridized carbons (Fsp3) is 0.643. The van der Waals surface area contributed by atoms with Gasteiger partial charge in [0.25, 0.3) is 5.69 Å². The molecule has 19 heavy (non-hydrogen) atoms. The highest BCUT2D eigenvalue weighted by atomic mass is 16.6. The Hall–Kier alpha value is -1.65. The maximum Gasteiger partial charge on any atom is 0.277 e. The van der Waals surface area contributed by atoms with Gasteiger partial charge >= 0.3 is 0 Å². The second-order valence-corrected chi connectivity index (χ2v) is 5.33. The predicted octanol–water partition coefficient (Wildman–Crippen LogP) is 3.68. The highest BCUT2D eigenvalue weighted by Crippen LogP contribution is 2.26. The Morgan fingerprint density at radius 1 is 1.42 bits per heavy atom. The Labute approximate surface area is 113 Å². The van der Waals surface area contributed by atoms with Crippen LogP contribution in [-0.2, 0) is 0 Å². The number of anilines is 1. The standard InChI is InChI=1S/C14H21N3O2/c1-11-10-16-14(9-13(11)17(18)19)15-8-7-12-5-3-2-4-6-12/h9-10,12H,2-8H2,1H3,(H,15,16). The lowest BCUT2D eigenvalue weighted by atomic mass is 9.87. The molecule has 5 nitrogen and oxygen atoms in total. The molecule has 1 aromatic rings. The van der Waals surface area contributed by atoms with Gasteiger partial charge in [0.2, 0.25) is 0 Å². The van der Waals surface area contributed by atoms with E-state index in [9.17, 15) is 10.1 Å². The van der Waals surface area contributed by atoms with Gasteiger partial charge in [0.15, 0.2) is 0 Å². The average Bonchev–Trinajstić information content (AvgIpc) is 2.41. The van der Waals surface area contributed by atoms with Gasteiger partial charge < -0.3 is 5.32 Å². The largest absolute Gasteiger partial charge is 0.370 e. The summed E-state index contributed by atoms with van der Waals surface area (Å²) in [5.41, 5.74) is 0.734. The first-order chi connectivity index (χ1) is 9.16. The van der Waals surface area contributed by atoms with E-state index in [2.05, 4.69) is 10.3 Å². The van der Waals surface area contributed by atoms with Crippen LogP contribution >= 0.6 is 0 Å². The van der Waals surface area contributed by atoms with Crippen molar-refractivity contribution in [1.29, 1.82) is 0 Å². The summed E-state index contributed by atoms with van der Waals surface area (Å²) in [6, 6.07) is 1.52. The number of aromatic nitrogens is 1. The lowest BCUT2D eigenvalue weighted by Gasteiger charge is -2.21. The van der Waals surface area contributed by atoms with Crippen LogP contribution < -0.4 is 5.32 Å². The first kappa shape index (κ1) is 13.8. The Balaban J connectivity index is 1.85. The lowest BCUT2D eigenvalue weighted by Crippen LogP contribution is -2.12. The van der Waals surface area contributed by atoms with E-state index >= 15 is 0 Å². The third-order valence-electron chi connectivity index (χ3n) is 3.85. The van der Waals surface area contributed by atoms with Gasteiger partial charge in [-0.25, -0.2) is 4.98 Å². The summed E-state index contributed by atoms with van der Waals surface area (Å²) in [7, 11) is 0. The zero-order valence-electron chi connectivity index (χ0n) is 11.4. The van der Waals surface area contributed by atoms with Crippen LogP contribution in [0.25, 0.3) is 0 Å². The molecular weight excluding hydrogens is 242 g/mol. The molecule has 0 radical (unpaired) electrons. The van der Waals surface area contributed by atoms with Crippen LogP contribution in [0.2, 0.25) is 0 Å². The number of aryl methyl sites for hydroxylation is 1. The summed E-state index contributed by atoms with van der Waals surface area (Å²) in [4.78, 5) is 14.7. The van der Waals surface area contributed by atoms with E-state index in [-0.39, 0.29) is 10.6 Å². The van der Waals surface area contributed by atoms with E-state index in [1.54, 1.807) is 13.1 Å². The van der Waals surface area contributed by atoms with Gasteiger partial charge in [-0.05, 0) is 19.3 Å². The number of nitrogens with zero attached hydrogens (tertiary/aromatic N) is 2. The summed E-state index contributed by atoms with van der Waals surface area (Å²) < 4.78 is 0. The quantitative estimate of drug-likeness (QED) is 0.650. The van der Waals surface area contributed by atoms with Crippen molar-refractivity contribution in [2.24, 2.45) is 5.92 Å². The summed E-state index contributed by atoms with van der Waals surface area (Å²) in [5.74, 6) is 1.41. The van der Waals surface area contributed by atoms with Gasteiger partial charge in [-0.15, -0.1) is 0 Å². The number of hydrogen-bond acceptors (Lipinski definition) is 4. The minimum Gasteiger partial charge on any atom is -0.370 e. The molecule has 104 valence electrons. The number of rotatable bonds is 5. The van der Waals surface area contributed by atoms with Gasteiger partial charge in [0, 0.05) is 18.3 Å². The summed E-state index contributed by atoms with van der Waals surface area (Å²) in [5, 5.41) is 14.0. The Morgan fingerprint density at radius 2 is 2.16 bits per heavy atom. The fourth-order valence-electron chi connectivity index (χ4n) is 2.69. The van der Waals surface area contributed by atoms with Gasteiger partial charge in [0.05, 0.1) is 11.0 Å². The fourth-order valence-corrected chi connectivity index (χ4v) is 2.69. The molecular formula is C14H21N3O2. The van der Waals surface area contributed by atoms with E-state index in [1.807, 2.05) is 0 Å². The summed E-state index contributed by atoms with van der Waals surface area (Å²) in [6.07, 6.45) is 9.39. The van der Waals surface area contributed by atoms with Crippen LogP contribution in [0.4, 0.5) is 11.5 Å². The Kier molecular flexibility index (Phi) is 4.71. The van der Waals surface area contributed by atoms with Crippen molar-refractivity contribution < 1.29 is 4.92 Å². The van der Waals surface area contributed by atoms with Crippen LogP contribution in [0.5, 0.6) is 0 Å². The smallest absolute Gasteiger partial charge is 0.277 e. The molecule has 1 aromatic heterocycles. The highest BCUT2D eigenvalue weighted by molar-refractivity contribution is 5.48. The molecule has 1 N–H and O–H groups in total. The van der Waals surface area contributed by atoms with Gasteiger partial charge in [-0.1, -0.05) is 32.1 Å². The van der Waals surface area contributed by atoms with Crippen LogP contribution in [-0.4, -0.2) is 16.5 Å². The molecule has 0 saturated heterocycles. The molecule has 0 aromatic carbocycles. The van der Waals surface area contributed by atoms with Gasteiger partial charge in [-0.2, -0.15) is 0 Å². The second-order valence-electron chi connectivity index (χ2n) is 5.33. The maximum absolute atomic E-state index is 10.8. The van der Waals surface area contributed by atoms with Crippen molar-refractivity contribution in [1.82, 2.24) is 4.98 Å². The van der Waals surface area contributed by atoms with Crippen LogP contribution in [0.15, 0.2) is 12.3 Å². The monoisotopic (exact) mass is 263 g/mol. The molecule has 5 heteroatoms. The van der Waals surface area contributed by atoms with Crippen molar-refractivity contribution >= 4 is 11.5 Å². The molecule has 1 aliphatic carbocycles. The molecule has 0 aliphatic heterocycles. The van der Waals surface area contributed by atoms with Crippen molar-refractivity contribution in [2.75, 3.05) is 11.9 Å². The molecule has 0 spiro atoms. The van der Waals surface area contributed by atoms with E-state index in [0.29, 0.717) is 11.4 Å². The molecule has 0 amide bonds. The molecule has 1 aliphatic rings. The molecule has 1 saturated carbocycles. The number of nitro groups is 1. The molecule has 1 fully saturated rings. The van der Waals surface area contributed by atoms with E-state index in [1.165, 1.54) is 38.2 Å². The first-order valence-electron chi connectivity index (χ1n) is 7.01. The number of hydrogen-bond donors (Lipinski definition) is 1. The third-order valence-corrected chi connectivity index (χ3v) is 3.85. The molecule has 0 unspecified atom stereocenters. The van der Waals surface area contributed by atoms with Crippen LogP contribution in [0, 0.1) is 23.0 Å².